The lowest BCUT2D eigenvalue weighted by molar-refractivity contribution is 0.0698. The molecule has 0 saturated heterocycles. The van der Waals surface area contributed by atoms with Crippen molar-refractivity contribution in [1.82, 2.24) is 9.88 Å². The summed E-state index contributed by atoms with van der Waals surface area (Å²) in [5, 5.41) is 13.8. The van der Waals surface area contributed by atoms with Crippen molar-refractivity contribution >= 4 is 16.9 Å². The summed E-state index contributed by atoms with van der Waals surface area (Å²) >= 11 is 0. The molecule has 3 rings (SSSR count). The zero-order chi connectivity index (χ0) is 13.4. The molecule has 2 N–H and O–H groups in total. The number of nitrogens with one attached hydrogen (secondary N) is 1. The van der Waals surface area contributed by atoms with E-state index in [9.17, 15) is 9.90 Å². The molecule has 4 nitrogen and oxygen atoms in total. The third kappa shape index (κ3) is 2.12. The number of hydrogen-bond donors (Lipinski definition) is 2. The lowest BCUT2D eigenvalue weighted by Crippen LogP contribution is -2.34. The van der Waals surface area contributed by atoms with Crippen LogP contribution in [0.25, 0.3) is 10.9 Å². The normalized spacial score (nSPS) is 15.6. The van der Waals surface area contributed by atoms with E-state index in [2.05, 4.69) is 5.32 Å². The van der Waals surface area contributed by atoms with E-state index in [0.717, 1.165) is 17.4 Å². The van der Waals surface area contributed by atoms with E-state index in [-0.39, 0.29) is 0 Å². The van der Waals surface area contributed by atoms with Crippen LogP contribution in [0.15, 0.2) is 24.4 Å². The van der Waals surface area contributed by atoms with Crippen molar-refractivity contribution in [2.45, 2.75) is 31.8 Å². The van der Waals surface area contributed by atoms with Gasteiger partial charge in [-0.1, -0.05) is 18.6 Å². The molecule has 0 radical (unpaired) electrons. The van der Waals surface area contributed by atoms with Crippen LogP contribution in [0.3, 0.4) is 0 Å². The van der Waals surface area contributed by atoms with E-state index in [1.54, 1.807) is 6.07 Å². The molecule has 1 fully saturated rings. The first kappa shape index (κ1) is 12.2. The van der Waals surface area contributed by atoms with Gasteiger partial charge >= 0.3 is 5.97 Å². The van der Waals surface area contributed by atoms with Gasteiger partial charge in [0.1, 0.15) is 0 Å². The topological polar surface area (TPSA) is 54.3 Å². The number of fused-ring (bicyclic) bond motifs is 1. The molecule has 2 aromatic rings. The highest BCUT2D eigenvalue weighted by atomic mass is 16.4. The number of aromatic carboxylic acids is 1. The number of carboxylic acids is 1. The van der Waals surface area contributed by atoms with Crippen molar-refractivity contribution in [3.05, 3.63) is 35.5 Å². The molecular formula is C15H18N2O2. The lowest BCUT2D eigenvalue weighted by atomic mass is 9.93. The minimum absolute atomic E-state index is 0.370. The van der Waals surface area contributed by atoms with Gasteiger partial charge < -0.3 is 15.0 Å². The highest BCUT2D eigenvalue weighted by Crippen LogP contribution is 2.25. The minimum atomic E-state index is -0.870. The first-order valence-corrected chi connectivity index (χ1v) is 6.70. The Hall–Kier alpha value is -1.81. The van der Waals surface area contributed by atoms with E-state index >= 15 is 0 Å². The number of rotatable bonds is 4. The monoisotopic (exact) mass is 258 g/mol. The van der Waals surface area contributed by atoms with Gasteiger partial charge in [-0.2, -0.15) is 0 Å². The summed E-state index contributed by atoms with van der Waals surface area (Å²) in [6, 6.07) is 6.12. The van der Waals surface area contributed by atoms with Crippen LogP contribution in [0.4, 0.5) is 0 Å². The average Bonchev–Trinajstić information content (AvgIpc) is 2.65. The molecule has 1 aliphatic rings. The molecule has 0 spiro atoms. The van der Waals surface area contributed by atoms with Gasteiger partial charge in [0.05, 0.1) is 11.1 Å². The SMILES string of the molecule is Cn1cc(CNC2CCC2)c2cccc(C(=O)O)c21. The molecule has 0 amide bonds. The summed E-state index contributed by atoms with van der Waals surface area (Å²) in [5.41, 5.74) is 2.35. The van der Waals surface area contributed by atoms with E-state index in [1.165, 1.54) is 24.8 Å². The second kappa shape index (κ2) is 4.70. The maximum atomic E-state index is 11.3. The van der Waals surface area contributed by atoms with Gasteiger partial charge in [0.2, 0.25) is 0 Å². The van der Waals surface area contributed by atoms with Gasteiger partial charge in [-0.05, 0) is 24.5 Å². The van der Waals surface area contributed by atoms with Gasteiger partial charge in [-0.3, -0.25) is 0 Å². The van der Waals surface area contributed by atoms with Crippen LogP contribution < -0.4 is 5.32 Å². The van der Waals surface area contributed by atoms with Crippen LogP contribution in [0.2, 0.25) is 0 Å². The molecule has 1 heterocycles. The molecule has 0 unspecified atom stereocenters. The van der Waals surface area contributed by atoms with E-state index in [1.807, 2.05) is 29.9 Å². The predicted octanol–water partition coefficient (Wildman–Crippen LogP) is 2.52. The van der Waals surface area contributed by atoms with Crippen molar-refractivity contribution in [1.29, 1.82) is 0 Å². The van der Waals surface area contributed by atoms with Gasteiger partial charge in [0, 0.05) is 31.2 Å². The highest BCUT2D eigenvalue weighted by molar-refractivity contribution is 6.03. The number of carbonyl (C=O) groups is 1. The molecule has 0 atom stereocenters. The summed E-state index contributed by atoms with van der Waals surface area (Å²) < 4.78 is 1.91. The Labute approximate surface area is 112 Å². The molecule has 1 saturated carbocycles. The standard InChI is InChI=1S/C15H18N2O2/c1-17-9-10(8-16-11-4-2-5-11)12-6-3-7-13(14(12)17)15(18)19/h3,6-7,9,11,16H,2,4-5,8H2,1H3,(H,18,19). The number of aromatic nitrogens is 1. The van der Waals surface area contributed by atoms with Crippen LogP contribution in [0, 0.1) is 0 Å². The number of para-hydroxylation sites is 1. The van der Waals surface area contributed by atoms with Gasteiger partial charge in [-0.15, -0.1) is 0 Å². The maximum Gasteiger partial charge on any atom is 0.337 e. The van der Waals surface area contributed by atoms with Crippen LogP contribution >= 0.6 is 0 Å². The molecule has 4 heteroatoms. The summed E-state index contributed by atoms with van der Waals surface area (Å²) in [6.07, 6.45) is 5.86. The van der Waals surface area contributed by atoms with Gasteiger partial charge in [-0.25, -0.2) is 4.79 Å². The van der Waals surface area contributed by atoms with Crippen molar-refractivity contribution < 1.29 is 9.90 Å². The quantitative estimate of drug-likeness (QED) is 0.886. The number of benzene rings is 1. The van der Waals surface area contributed by atoms with Crippen LogP contribution in [-0.4, -0.2) is 21.7 Å². The molecule has 0 bridgehead atoms. The van der Waals surface area contributed by atoms with Crippen molar-refractivity contribution in [2.24, 2.45) is 7.05 Å². The fourth-order valence-corrected chi connectivity index (χ4v) is 2.73. The van der Waals surface area contributed by atoms with E-state index in [0.29, 0.717) is 11.6 Å². The Bertz CT molecular complexity index is 626. The van der Waals surface area contributed by atoms with Crippen molar-refractivity contribution in [3.8, 4) is 0 Å². The Balaban J connectivity index is 1.96. The number of hydrogen-bond acceptors (Lipinski definition) is 2. The van der Waals surface area contributed by atoms with Gasteiger partial charge in [0.25, 0.3) is 0 Å². The smallest absolute Gasteiger partial charge is 0.337 e. The summed E-state index contributed by atoms with van der Waals surface area (Å²) in [5.74, 6) is -0.870. The average molecular weight is 258 g/mol. The van der Waals surface area contributed by atoms with Crippen molar-refractivity contribution in [2.75, 3.05) is 0 Å². The molecular weight excluding hydrogens is 240 g/mol. The third-order valence-corrected chi connectivity index (χ3v) is 4.00. The van der Waals surface area contributed by atoms with Gasteiger partial charge in [0.15, 0.2) is 0 Å². The van der Waals surface area contributed by atoms with Crippen LogP contribution in [0.1, 0.15) is 35.2 Å². The number of nitrogens with zero attached hydrogens (tertiary/aromatic N) is 1. The fourth-order valence-electron chi connectivity index (χ4n) is 2.73. The van der Waals surface area contributed by atoms with Crippen LogP contribution in [-0.2, 0) is 13.6 Å². The summed E-state index contributed by atoms with van der Waals surface area (Å²) in [4.78, 5) is 11.3. The minimum Gasteiger partial charge on any atom is -0.478 e. The zero-order valence-corrected chi connectivity index (χ0v) is 11.0. The Morgan fingerprint density at radius 1 is 1.47 bits per heavy atom. The second-order valence-electron chi connectivity index (χ2n) is 5.28. The van der Waals surface area contributed by atoms with Crippen molar-refractivity contribution in [3.63, 3.8) is 0 Å². The second-order valence-corrected chi connectivity index (χ2v) is 5.28. The largest absolute Gasteiger partial charge is 0.478 e. The molecule has 100 valence electrons. The molecule has 1 aromatic carbocycles. The number of carboxylic acid groups (broad SMARTS) is 1. The Morgan fingerprint density at radius 3 is 2.89 bits per heavy atom. The lowest BCUT2D eigenvalue weighted by Gasteiger charge is -2.26. The molecule has 1 aliphatic carbocycles. The fraction of sp³-hybridized carbons (Fsp3) is 0.400. The maximum absolute atomic E-state index is 11.3. The summed E-state index contributed by atoms with van der Waals surface area (Å²) in [6.45, 7) is 0.811. The Morgan fingerprint density at radius 2 is 2.26 bits per heavy atom. The Kier molecular flexibility index (Phi) is 3.03. The van der Waals surface area contributed by atoms with Crippen LogP contribution in [0.5, 0.6) is 0 Å². The molecule has 1 aromatic heterocycles. The molecule has 19 heavy (non-hydrogen) atoms. The van der Waals surface area contributed by atoms with E-state index < -0.39 is 5.97 Å². The third-order valence-electron chi connectivity index (χ3n) is 4.00. The first-order valence-electron chi connectivity index (χ1n) is 6.70. The first-order chi connectivity index (χ1) is 9.16. The molecule has 0 aliphatic heterocycles. The highest BCUT2D eigenvalue weighted by Gasteiger charge is 2.18. The predicted molar refractivity (Wildman–Crippen MR) is 74.4 cm³/mol. The zero-order valence-electron chi connectivity index (χ0n) is 11.0. The number of aryl methyl sites for hydroxylation is 1. The summed E-state index contributed by atoms with van der Waals surface area (Å²) in [7, 11) is 1.90. The van der Waals surface area contributed by atoms with E-state index in [4.69, 9.17) is 0 Å².